The molecule has 9 N–H and O–H groups in total. The van der Waals surface area contributed by atoms with E-state index in [2.05, 4.69) is 10.6 Å². The number of hydrogen-bond donors (Lipinski definition) is 7. The van der Waals surface area contributed by atoms with Gasteiger partial charge in [0.2, 0.25) is 23.6 Å². The Morgan fingerprint density at radius 3 is 2.08 bits per heavy atom. The highest BCUT2D eigenvalue weighted by Crippen LogP contribution is 1.93. The third-order valence-corrected chi connectivity index (χ3v) is 2.71. The van der Waals surface area contributed by atoms with E-state index in [0.717, 1.165) is 0 Å². The van der Waals surface area contributed by atoms with Crippen molar-refractivity contribution in [1.29, 1.82) is 0 Å². The molecule has 0 fully saturated rings. The van der Waals surface area contributed by atoms with Gasteiger partial charge in [0.25, 0.3) is 0 Å². The van der Waals surface area contributed by atoms with Crippen molar-refractivity contribution < 1.29 is 34.2 Å². The summed E-state index contributed by atoms with van der Waals surface area (Å²) in [7, 11) is 0. The van der Waals surface area contributed by atoms with Crippen LogP contribution in [0, 0.1) is 0 Å². The van der Waals surface area contributed by atoms with Crippen LogP contribution >= 0.6 is 0 Å². The Hall–Kier alpha value is -2.73. The largest absolute Gasteiger partial charge is 0.480 e. The monoisotopic (exact) mass is 347 g/mol. The van der Waals surface area contributed by atoms with E-state index in [9.17, 15) is 24.0 Å². The van der Waals surface area contributed by atoms with Gasteiger partial charge in [-0.1, -0.05) is 0 Å². The minimum absolute atomic E-state index is 0.0135. The van der Waals surface area contributed by atoms with Crippen LogP contribution in [0.15, 0.2) is 0 Å². The summed E-state index contributed by atoms with van der Waals surface area (Å²) in [5.41, 5.74) is 10.4. The number of primary amides is 1. The second-order valence-electron chi connectivity index (χ2n) is 4.74. The molecule has 0 rings (SSSR count). The number of aliphatic hydroxyl groups is 1. The first-order valence-corrected chi connectivity index (χ1v) is 6.88. The lowest BCUT2D eigenvalue weighted by atomic mass is 10.1. The molecule has 0 aromatic carbocycles. The minimum atomic E-state index is -1.36. The first-order chi connectivity index (χ1) is 11.2. The van der Waals surface area contributed by atoms with Gasteiger partial charge >= 0.3 is 5.97 Å². The molecule has 0 aromatic rings. The molecule has 0 heterocycles. The maximum absolute atomic E-state index is 11.6. The molecule has 0 saturated heterocycles. The number of aliphatic hydroxyl groups excluding tert-OH is 1. The third kappa shape index (κ3) is 9.32. The minimum Gasteiger partial charge on any atom is -0.480 e. The van der Waals surface area contributed by atoms with Crippen LogP contribution in [0.5, 0.6) is 0 Å². The summed E-state index contributed by atoms with van der Waals surface area (Å²) in [6.07, 6.45) is -0.0727. The summed E-state index contributed by atoms with van der Waals surface area (Å²) in [6, 6.07) is -2.39. The number of rotatable bonds is 11. The predicted octanol–water partition coefficient (Wildman–Crippen LogP) is -4.63. The van der Waals surface area contributed by atoms with E-state index in [1.54, 1.807) is 0 Å². The average Bonchev–Trinajstić information content (AvgIpc) is 2.52. The molecule has 0 aliphatic rings. The van der Waals surface area contributed by atoms with Crippen LogP contribution in [0.25, 0.3) is 0 Å². The van der Waals surface area contributed by atoms with Crippen molar-refractivity contribution in [2.24, 2.45) is 11.5 Å². The molecule has 24 heavy (non-hydrogen) atoms. The molecule has 12 nitrogen and oxygen atoms in total. The van der Waals surface area contributed by atoms with Gasteiger partial charge in [0.05, 0.1) is 19.2 Å². The Kier molecular flexibility index (Phi) is 9.67. The van der Waals surface area contributed by atoms with Gasteiger partial charge in [0, 0.05) is 6.42 Å². The van der Waals surface area contributed by atoms with E-state index >= 15 is 0 Å². The van der Waals surface area contributed by atoms with Crippen molar-refractivity contribution >= 4 is 29.6 Å². The summed E-state index contributed by atoms with van der Waals surface area (Å²) in [5.74, 6) is -4.28. The Balaban J connectivity index is 4.25. The Labute approximate surface area is 136 Å². The first-order valence-electron chi connectivity index (χ1n) is 6.88. The number of amides is 4. The molecule has 0 aliphatic carbocycles. The summed E-state index contributed by atoms with van der Waals surface area (Å²) in [4.78, 5) is 55.6. The molecule has 2 atom stereocenters. The zero-order chi connectivity index (χ0) is 18.7. The highest BCUT2D eigenvalue weighted by Gasteiger charge is 2.21. The van der Waals surface area contributed by atoms with Crippen molar-refractivity contribution in [3.05, 3.63) is 0 Å². The molecule has 4 amide bonds. The van der Waals surface area contributed by atoms with Gasteiger partial charge < -0.3 is 37.6 Å². The molecule has 136 valence electrons. The molecule has 0 radical (unpaired) electrons. The quantitative estimate of drug-likeness (QED) is 0.192. The second-order valence-corrected chi connectivity index (χ2v) is 4.74. The highest BCUT2D eigenvalue weighted by molar-refractivity contribution is 5.92. The predicted molar refractivity (Wildman–Crippen MR) is 79.1 cm³/mol. The molecule has 0 bridgehead atoms. The van der Waals surface area contributed by atoms with Gasteiger partial charge in [-0.05, 0) is 6.42 Å². The van der Waals surface area contributed by atoms with Crippen LogP contribution in [0.2, 0.25) is 0 Å². The van der Waals surface area contributed by atoms with Crippen LogP contribution in [0.1, 0.15) is 12.8 Å². The Morgan fingerprint density at radius 2 is 1.58 bits per heavy atom. The normalized spacial score (nSPS) is 12.6. The number of carboxylic acids is 1. The molecule has 0 aromatic heterocycles. The van der Waals surface area contributed by atoms with E-state index in [0.29, 0.717) is 0 Å². The van der Waals surface area contributed by atoms with E-state index < -0.39 is 61.4 Å². The fourth-order valence-electron chi connectivity index (χ4n) is 1.45. The zero-order valence-electron chi connectivity index (χ0n) is 12.8. The lowest BCUT2D eigenvalue weighted by Gasteiger charge is -2.16. The fourth-order valence-corrected chi connectivity index (χ4v) is 1.45. The van der Waals surface area contributed by atoms with E-state index in [1.165, 1.54) is 0 Å². The van der Waals surface area contributed by atoms with Gasteiger partial charge in [0.15, 0.2) is 0 Å². The first kappa shape index (κ1) is 21.3. The topological polar surface area (TPSA) is 214 Å². The maximum atomic E-state index is 11.6. The van der Waals surface area contributed by atoms with Crippen LogP contribution in [-0.2, 0) is 24.0 Å². The lowest BCUT2D eigenvalue weighted by molar-refractivity contribution is -0.138. The number of hydrogen-bond acceptors (Lipinski definition) is 7. The average molecular weight is 347 g/mol. The molecular weight excluding hydrogens is 326 g/mol. The van der Waals surface area contributed by atoms with Crippen molar-refractivity contribution in [3.63, 3.8) is 0 Å². The fraction of sp³-hybridized carbons (Fsp3) is 0.583. The smallest absolute Gasteiger partial charge is 0.322 e. The van der Waals surface area contributed by atoms with E-state index in [1.807, 2.05) is 5.32 Å². The summed E-state index contributed by atoms with van der Waals surface area (Å²) in [5, 5.41) is 23.7. The zero-order valence-corrected chi connectivity index (χ0v) is 12.8. The van der Waals surface area contributed by atoms with Crippen molar-refractivity contribution in [2.45, 2.75) is 24.9 Å². The van der Waals surface area contributed by atoms with Crippen LogP contribution < -0.4 is 27.4 Å². The summed E-state index contributed by atoms with van der Waals surface area (Å²) in [6.45, 7) is -1.95. The van der Waals surface area contributed by atoms with Gasteiger partial charge in [-0.25, -0.2) is 0 Å². The lowest BCUT2D eigenvalue weighted by Crippen LogP contribution is -2.53. The molecule has 2 unspecified atom stereocenters. The van der Waals surface area contributed by atoms with Crippen molar-refractivity contribution in [1.82, 2.24) is 16.0 Å². The van der Waals surface area contributed by atoms with Gasteiger partial charge in [0.1, 0.15) is 12.6 Å². The number of carboxylic acid groups (broad SMARTS) is 1. The van der Waals surface area contributed by atoms with Gasteiger partial charge in [-0.15, -0.1) is 0 Å². The van der Waals surface area contributed by atoms with Gasteiger partial charge in [-0.3, -0.25) is 24.0 Å². The number of carbonyl (C=O) groups excluding carboxylic acids is 4. The highest BCUT2D eigenvalue weighted by atomic mass is 16.4. The molecule has 0 spiro atoms. The molecular formula is C12H21N5O7. The summed E-state index contributed by atoms with van der Waals surface area (Å²) >= 11 is 0. The Morgan fingerprint density at radius 1 is 1.00 bits per heavy atom. The SMILES string of the molecule is NC(=O)CCC(N)C(=O)NCC(=O)NC(CO)C(=O)NCC(=O)O. The van der Waals surface area contributed by atoms with Crippen LogP contribution in [0.4, 0.5) is 0 Å². The number of nitrogens with two attached hydrogens (primary N) is 2. The molecule has 0 aliphatic heterocycles. The summed E-state index contributed by atoms with van der Waals surface area (Å²) < 4.78 is 0. The number of aliphatic carboxylic acids is 1. The number of nitrogens with one attached hydrogen (secondary N) is 3. The van der Waals surface area contributed by atoms with Crippen LogP contribution in [0.3, 0.4) is 0 Å². The third-order valence-electron chi connectivity index (χ3n) is 2.71. The standard InChI is InChI=1S/C12H21N5O7/c13-6(1-2-8(14)19)11(23)15-3-9(20)17-7(5-18)12(24)16-4-10(21)22/h6-7,18H,1-5,13H2,(H2,14,19)(H,15,23)(H,16,24)(H,17,20)(H,21,22). The maximum Gasteiger partial charge on any atom is 0.322 e. The molecule has 0 saturated carbocycles. The van der Waals surface area contributed by atoms with Gasteiger partial charge in [-0.2, -0.15) is 0 Å². The second kappa shape index (κ2) is 10.9. The van der Waals surface area contributed by atoms with Crippen LogP contribution in [-0.4, -0.2) is 71.6 Å². The van der Waals surface area contributed by atoms with E-state index in [4.69, 9.17) is 21.7 Å². The van der Waals surface area contributed by atoms with Crippen molar-refractivity contribution in [3.8, 4) is 0 Å². The van der Waals surface area contributed by atoms with Crippen molar-refractivity contribution in [2.75, 3.05) is 19.7 Å². The Bertz CT molecular complexity index is 496. The van der Waals surface area contributed by atoms with E-state index in [-0.39, 0.29) is 12.8 Å². The number of carbonyl (C=O) groups is 5. The molecule has 12 heteroatoms.